The highest BCUT2D eigenvalue weighted by Gasteiger charge is 2.39. The molecule has 2 aromatic rings. The first-order valence-corrected chi connectivity index (χ1v) is 12.1. The monoisotopic (exact) mass is 550 g/mol. The van der Waals surface area contributed by atoms with E-state index in [-0.39, 0.29) is 53.5 Å². The first kappa shape index (κ1) is 29.1. The summed E-state index contributed by atoms with van der Waals surface area (Å²) in [4.78, 5) is 31.2. The van der Waals surface area contributed by atoms with Gasteiger partial charge in [0.1, 0.15) is 5.75 Å². The van der Waals surface area contributed by atoms with E-state index in [1.54, 1.807) is 11.0 Å². The largest absolute Gasteiger partial charge is 0.573 e. The van der Waals surface area contributed by atoms with Crippen LogP contribution in [0.15, 0.2) is 18.2 Å². The van der Waals surface area contributed by atoms with E-state index in [0.717, 1.165) is 43.0 Å². The molecule has 7 nitrogen and oxygen atoms in total. The molecule has 1 fully saturated rings. The van der Waals surface area contributed by atoms with E-state index >= 15 is 0 Å². The van der Waals surface area contributed by atoms with Crippen molar-refractivity contribution in [2.45, 2.75) is 51.9 Å². The lowest BCUT2D eigenvalue weighted by Gasteiger charge is -2.30. The van der Waals surface area contributed by atoms with Gasteiger partial charge in [0, 0.05) is 29.5 Å². The quantitative estimate of drug-likeness (QED) is 0.358. The molecule has 1 aliphatic heterocycles. The third kappa shape index (κ3) is 6.34. The van der Waals surface area contributed by atoms with Gasteiger partial charge < -0.3 is 25.7 Å². The van der Waals surface area contributed by atoms with E-state index in [1.165, 1.54) is 6.07 Å². The second-order valence-corrected chi connectivity index (χ2v) is 9.60. The number of nitrogens with one attached hydrogen (secondary N) is 2. The summed E-state index contributed by atoms with van der Waals surface area (Å²) in [6.45, 7) is 3.93. The number of aryl methyl sites for hydroxylation is 2. The van der Waals surface area contributed by atoms with Crippen LogP contribution in [0.1, 0.15) is 58.6 Å². The summed E-state index contributed by atoms with van der Waals surface area (Å²) in [6, 6.07) is 4.43. The first-order chi connectivity index (χ1) is 17.5. The molecule has 2 amide bonds. The van der Waals surface area contributed by atoms with Gasteiger partial charge in [0.15, 0.2) is 0 Å². The molecule has 11 heteroatoms. The average molecular weight is 551 g/mol. The van der Waals surface area contributed by atoms with Crippen LogP contribution in [-0.4, -0.2) is 42.3 Å². The number of halogens is 4. The lowest BCUT2D eigenvalue weighted by molar-refractivity contribution is -0.274. The van der Waals surface area contributed by atoms with Gasteiger partial charge >= 0.3 is 6.36 Å². The Morgan fingerprint density at radius 2 is 1.95 bits per heavy atom. The van der Waals surface area contributed by atoms with Gasteiger partial charge in [-0.25, -0.2) is 0 Å². The Balaban J connectivity index is 0.00000400. The minimum atomic E-state index is -5.05. The second kappa shape index (κ2) is 11.5. The van der Waals surface area contributed by atoms with Crippen LogP contribution >= 0.6 is 12.4 Å². The lowest BCUT2D eigenvalue weighted by atomic mass is 9.86. The fraction of sp³-hybridized carbons (Fsp3) is 0.407. The summed E-state index contributed by atoms with van der Waals surface area (Å²) in [5.41, 5.74) is 8.95. The molecule has 1 aromatic heterocycles. The third-order valence-corrected chi connectivity index (χ3v) is 6.79. The molecular formula is C27H30ClF3N4O3. The van der Waals surface area contributed by atoms with E-state index < -0.39 is 18.0 Å². The number of ether oxygens (including phenoxy) is 1. The van der Waals surface area contributed by atoms with E-state index in [0.29, 0.717) is 17.9 Å². The molecule has 2 aliphatic rings. The van der Waals surface area contributed by atoms with E-state index in [9.17, 15) is 22.8 Å². The molecule has 0 saturated heterocycles. The molecule has 204 valence electrons. The summed E-state index contributed by atoms with van der Waals surface area (Å²) in [5, 5.41) is 2.38. The number of H-pyrrole nitrogens is 1. The van der Waals surface area contributed by atoms with Gasteiger partial charge in [-0.2, -0.15) is 0 Å². The molecule has 0 bridgehead atoms. The number of hydrogen-bond donors (Lipinski definition) is 3. The number of aromatic nitrogens is 1. The minimum Gasteiger partial charge on any atom is -0.405 e. The van der Waals surface area contributed by atoms with Gasteiger partial charge in [0.2, 0.25) is 0 Å². The van der Waals surface area contributed by atoms with E-state index in [1.807, 2.05) is 19.9 Å². The molecule has 4 N–H and O–H groups in total. The predicted octanol–water partition coefficient (Wildman–Crippen LogP) is 4.72. The topological polar surface area (TPSA) is 100 Å². The molecule has 1 aliphatic carbocycles. The molecule has 0 unspecified atom stereocenters. The standard InChI is InChI=1S/C27H29F3N4O3.ClH/c1-4-9-32-25(35)21-12-23-19(13-24(21)37-27(28,29)30)20(11-22-15(2)10-16(3)33-22)26(36)34(23)14-17-5-7-18(31)8-6-17;/h1,10-13,17-18,33H,5-9,14,31H2,2-3H3,(H,32,35);1H/b20-11-;. The Morgan fingerprint density at radius 3 is 2.53 bits per heavy atom. The van der Waals surface area contributed by atoms with Gasteiger partial charge in [-0.3, -0.25) is 9.59 Å². The summed E-state index contributed by atoms with van der Waals surface area (Å²) < 4.78 is 44.1. The molecule has 0 radical (unpaired) electrons. The Morgan fingerprint density at radius 1 is 1.26 bits per heavy atom. The third-order valence-electron chi connectivity index (χ3n) is 6.79. The molecule has 1 saturated carbocycles. The number of carbonyl (C=O) groups excluding carboxylic acids is 2. The van der Waals surface area contributed by atoms with E-state index in [2.05, 4.69) is 21.0 Å². The SMILES string of the molecule is C#CCNC(=O)c1cc2c(cc1OC(F)(F)F)/C(=C/c1[nH]c(C)cc1C)C(=O)N2CC1CCC(N)CC1.Cl. The maximum absolute atomic E-state index is 13.7. The van der Waals surface area contributed by atoms with Crippen LogP contribution in [0.3, 0.4) is 0 Å². The fourth-order valence-corrected chi connectivity index (χ4v) is 4.98. The average Bonchev–Trinajstić information content (AvgIpc) is 3.27. The van der Waals surface area contributed by atoms with Crippen molar-refractivity contribution in [1.82, 2.24) is 10.3 Å². The maximum Gasteiger partial charge on any atom is 0.573 e. The number of benzene rings is 1. The van der Waals surface area contributed by atoms with Crippen molar-refractivity contribution in [2.24, 2.45) is 11.7 Å². The number of terminal acetylenes is 1. The Bertz CT molecular complexity index is 1290. The van der Waals surface area contributed by atoms with Crippen molar-refractivity contribution in [3.63, 3.8) is 0 Å². The Hall–Kier alpha value is -3.42. The molecule has 4 rings (SSSR count). The normalized spacial score (nSPS) is 20.1. The highest BCUT2D eigenvalue weighted by molar-refractivity contribution is 6.36. The van der Waals surface area contributed by atoms with Crippen molar-refractivity contribution < 1.29 is 27.5 Å². The number of carbonyl (C=O) groups is 2. The number of anilines is 1. The van der Waals surface area contributed by atoms with Crippen molar-refractivity contribution in [2.75, 3.05) is 18.0 Å². The van der Waals surface area contributed by atoms with Gasteiger partial charge in [0.05, 0.1) is 23.4 Å². The van der Waals surface area contributed by atoms with Crippen molar-refractivity contribution in [3.05, 3.63) is 46.3 Å². The van der Waals surface area contributed by atoms with Crippen molar-refractivity contribution in [1.29, 1.82) is 0 Å². The summed E-state index contributed by atoms with van der Waals surface area (Å²) in [5.74, 6) is 0.513. The summed E-state index contributed by atoms with van der Waals surface area (Å²) in [6.07, 6.45) is 5.12. The van der Waals surface area contributed by atoms with Gasteiger partial charge in [-0.05, 0) is 75.3 Å². The van der Waals surface area contributed by atoms with Crippen LogP contribution in [0.2, 0.25) is 0 Å². The zero-order valence-electron chi connectivity index (χ0n) is 21.1. The van der Waals surface area contributed by atoms with Gasteiger partial charge in [-0.15, -0.1) is 32.0 Å². The van der Waals surface area contributed by atoms with Gasteiger partial charge in [0.25, 0.3) is 11.8 Å². The number of alkyl halides is 3. The molecular weight excluding hydrogens is 521 g/mol. The molecule has 2 heterocycles. The van der Waals surface area contributed by atoms with E-state index in [4.69, 9.17) is 12.2 Å². The van der Waals surface area contributed by atoms with Crippen LogP contribution < -0.4 is 20.7 Å². The van der Waals surface area contributed by atoms with Crippen LogP contribution in [-0.2, 0) is 4.79 Å². The Kier molecular flexibility index (Phi) is 8.85. The van der Waals surface area contributed by atoms with Gasteiger partial charge in [-0.1, -0.05) is 5.92 Å². The number of rotatable bonds is 6. The molecule has 1 aromatic carbocycles. The summed E-state index contributed by atoms with van der Waals surface area (Å²) >= 11 is 0. The maximum atomic E-state index is 13.7. The minimum absolute atomic E-state index is 0. The predicted molar refractivity (Wildman–Crippen MR) is 142 cm³/mol. The van der Waals surface area contributed by atoms with Crippen LogP contribution in [0.4, 0.5) is 18.9 Å². The highest BCUT2D eigenvalue weighted by atomic mass is 35.5. The molecule has 38 heavy (non-hydrogen) atoms. The second-order valence-electron chi connectivity index (χ2n) is 9.60. The van der Waals surface area contributed by atoms with Crippen LogP contribution in [0.5, 0.6) is 5.75 Å². The van der Waals surface area contributed by atoms with Crippen molar-refractivity contribution >= 4 is 41.6 Å². The van der Waals surface area contributed by atoms with Crippen LogP contribution in [0, 0.1) is 32.1 Å². The number of nitrogens with two attached hydrogens (primary N) is 1. The number of aromatic amines is 1. The number of fused-ring (bicyclic) bond motifs is 1. The molecule has 0 atom stereocenters. The zero-order valence-corrected chi connectivity index (χ0v) is 21.9. The highest BCUT2D eigenvalue weighted by Crippen LogP contribution is 2.44. The smallest absolute Gasteiger partial charge is 0.405 e. The number of hydrogen-bond acceptors (Lipinski definition) is 4. The zero-order chi connectivity index (χ0) is 26.9. The van der Waals surface area contributed by atoms with Crippen molar-refractivity contribution in [3.8, 4) is 18.1 Å². The molecule has 0 spiro atoms. The Labute approximate surface area is 225 Å². The van der Waals surface area contributed by atoms with Crippen LogP contribution in [0.25, 0.3) is 11.6 Å². The lowest BCUT2D eigenvalue weighted by Crippen LogP contribution is -2.36. The number of amides is 2. The fourth-order valence-electron chi connectivity index (χ4n) is 4.98. The number of nitrogens with zero attached hydrogens (tertiary/aromatic N) is 1. The summed E-state index contributed by atoms with van der Waals surface area (Å²) in [7, 11) is 0. The first-order valence-electron chi connectivity index (χ1n) is 12.1.